The molecule has 0 aromatic heterocycles. The van der Waals surface area contributed by atoms with Crippen molar-refractivity contribution in [3.8, 4) is 0 Å². The van der Waals surface area contributed by atoms with Crippen LogP contribution < -0.4 is 16.8 Å². The molecule has 6 atom stereocenters. The summed E-state index contributed by atoms with van der Waals surface area (Å²) < 4.78 is 0. The zero-order valence-electron chi connectivity index (χ0n) is 15.5. The number of hydrogen-bond acceptors (Lipinski definition) is 3. The molecular formula is C21H39N3. The maximum absolute atomic E-state index is 6.38. The molecule has 0 amide bonds. The molecule has 0 radical (unpaired) electrons. The monoisotopic (exact) mass is 333 g/mol. The molecule has 0 saturated heterocycles. The fourth-order valence-corrected chi connectivity index (χ4v) is 5.57. The van der Waals surface area contributed by atoms with Crippen molar-refractivity contribution in [3.05, 3.63) is 12.2 Å². The molecule has 3 nitrogen and oxygen atoms in total. The summed E-state index contributed by atoms with van der Waals surface area (Å²) in [5, 5.41) is 4.11. The summed E-state index contributed by atoms with van der Waals surface area (Å²) in [5.41, 5.74) is 12.1. The van der Waals surface area contributed by atoms with Crippen molar-refractivity contribution in [3.63, 3.8) is 0 Å². The van der Waals surface area contributed by atoms with Gasteiger partial charge in [-0.3, -0.25) is 0 Å². The highest BCUT2D eigenvalue weighted by Crippen LogP contribution is 2.37. The van der Waals surface area contributed by atoms with Gasteiger partial charge in [-0.2, -0.15) is 0 Å². The molecule has 0 aromatic carbocycles. The lowest BCUT2D eigenvalue weighted by molar-refractivity contribution is 0.159. The lowest BCUT2D eigenvalue weighted by atomic mass is 9.72. The third-order valence-corrected chi connectivity index (χ3v) is 6.93. The van der Waals surface area contributed by atoms with Crippen LogP contribution in [0.15, 0.2) is 12.2 Å². The standard InChI is InChI=1S/C21H39N3/c22-14-13-20(23)17-9-6-10-18(15-17)24-21-12-5-4-11-19(21)16-7-2-1-3-8-16/h2,7,16-21,24H,1,3-6,8-15,22-23H2. The van der Waals surface area contributed by atoms with Gasteiger partial charge in [0.2, 0.25) is 0 Å². The molecule has 0 heterocycles. The first kappa shape index (κ1) is 18.4. The SMILES string of the molecule is NCCC(N)C1CCCC(NC2CCCCC2C2C=CCCC2)C1. The van der Waals surface area contributed by atoms with Crippen LogP contribution in [-0.4, -0.2) is 24.7 Å². The first-order valence-electron chi connectivity index (χ1n) is 10.7. The lowest BCUT2D eigenvalue weighted by Crippen LogP contribution is -2.49. The smallest absolute Gasteiger partial charge is 0.0103 e. The van der Waals surface area contributed by atoms with E-state index in [9.17, 15) is 0 Å². The highest BCUT2D eigenvalue weighted by molar-refractivity contribution is 5.00. The molecule has 3 aliphatic carbocycles. The van der Waals surface area contributed by atoms with Crippen LogP contribution in [0.4, 0.5) is 0 Å². The van der Waals surface area contributed by atoms with Gasteiger partial charge >= 0.3 is 0 Å². The molecule has 2 saturated carbocycles. The summed E-state index contributed by atoms with van der Waals surface area (Å²) >= 11 is 0. The molecule has 0 aliphatic heterocycles. The van der Waals surface area contributed by atoms with E-state index in [0.717, 1.165) is 30.8 Å². The number of allylic oxidation sites excluding steroid dienone is 2. The van der Waals surface area contributed by atoms with Crippen molar-refractivity contribution >= 4 is 0 Å². The van der Waals surface area contributed by atoms with Gasteiger partial charge in [-0.25, -0.2) is 0 Å². The van der Waals surface area contributed by atoms with Crippen molar-refractivity contribution in [1.82, 2.24) is 5.32 Å². The van der Waals surface area contributed by atoms with Gasteiger partial charge < -0.3 is 16.8 Å². The van der Waals surface area contributed by atoms with E-state index in [0.29, 0.717) is 18.0 Å². The second kappa shape index (κ2) is 9.35. The molecule has 3 rings (SSSR count). The van der Waals surface area contributed by atoms with E-state index in [2.05, 4.69) is 17.5 Å². The zero-order chi connectivity index (χ0) is 16.8. The first-order chi connectivity index (χ1) is 11.8. The zero-order valence-corrected chi connectivity index (χ0v) is 15.5. The minimum atomic E-state index is 0.308. The van der Waals surface area contributed by atoms with Crippen molar-refractivity contribution in [1.29, 1.82) is 0 Å². The van der Waals surface area contributed by atoms with E-state index in [-0.39, 0.29) is 0 Å². The van der Waals surface area contributed by atoms with E-state index >= 15 is 0 Å². The third-order valence-electron chi connectivity index (χ3n) is 6.93. The van der Waals surface area contributed by atoms with Gasteiger partial charge in [0.1, 0.15) is 0 Å². The Morgan fingerprint density at radius 3 is 2.67 bits per heavy atom. The number of rotatable bonds is 6. The molecule has 3 aliphatic rings. The van der Waals surface area contributed by atoms with Crippen LogP contribution in [0, 0.1) is 17.8 Å². The van der Waals surface area contributed by atoms with Crippen LogP contribution in [0.25, 0.3) is 0 Å². The Hall–Kier alpha value is -0.380. The van der Waals surface area contributed by atoms with E-state index < -0.39 is 0 Å². The number of hydrogen-bond donors (Lipinski definition) is 3. The summed E-state index contributed by atoms with van der Waals surface area (Å²) in [6, 6.07) is 1.73. The highest BCUT2D eigenvalue weighted by atomic mass is 15.0. The van der Waals surface area contributed by atoms with Gasteiger partial charge in [-0.15, -0.1) is 0 Å². The largest absolute Gasteiger partial charge is 0.330 e. The van der Waals surface area contributed by atoms with Crippen molar-refractivity contribution in [2.75, 3.05) is 6.54 Å². The average Bonchev–Trinajstić information content (AvgIpc) is 2.63. The Bertz CT molecular complexity index is 395. The topological polar surface area (TPSA) is 64.1 Å². The first-order valence-corrected chi connectivity index (χ1v) is 10.7. The quantitative estimate of drug-likeness (QED) is 0.649. The minimum Gasteiger partial charge on any atom is -0.330 e. The molecular weight excluding hydrogens is 294 g/mol. The predicted octanol–water partition coefficient (Wildman–Crippen LogP) is 3.73. The highest BCUT2D eigenvalue weighted by Gasteiger charge is 2.34. The fourth-order valence-electron chi connectivity index (χ4n) is 5.57. The molecule has 6 unspecified atom stereocenters. The van der Waals surface area contributed by atoms with Crippen LogP contribution in [0.1, 0.15) is 77.0 Å². The molecule has 138 valence electrons. The summed E-state index contributed by atoms with van der Waals surface area (Å²) in [6.07, 6.45) is 21.0. The van der Waals surface area contributed by atoms with Crippen LogP contribution in [0.3, 0.4) is 0 Å². The summed E-state index contributed by atoms with van der Waals surface area (Å²) in [4.78, 5) is 0. The Labute approximate surface area is 149 Å². The maximum atomic E-state index is 6.38. The third kappa shape index (κ3) is 4.83. The summed E-state index contributed by atoms with van der Waals surface area (Å²) in [5.74, 6) is 2.38. The lowest BCUT2D eigenvalue weighted by Gasteiger charge is -2.42. The van der Waals surface area contributed by atoms with E-state index in [1.807, 2.05) is 0 Å². The molecule has 2 fully saturated rings. The van der Waals surface area contributed by atoms with Gasteiger partial charge in [0.15, 0.2) is 0 Å². The van der Waals surface area contributed by atoms with Crippen LogP contribution in [0.2, 0.25) is 0 Å². The summed E-state index contributed by atoms with van der Waals surface area (Å²) in [7, 11) is 0. The van der Waals surface area contributed by atoms with Crippen LogP contribution in [0.5, 0.6) is 0 Å². The van der Waals surface area contributed by atoms with E-state index in [1.165, 1.54) is 70.6 Å². The predicted molar refractivity (Wildman–Crippen MR) is 103 cm³/mol. The Morgan fingerprint density at radius 2 is 1.88 bits per heavy atom. The van der Waals surface area contributed by atoms with E-state index in [4.69, 9.17) is 11.5 Å². The van der Waals surface area contributed by atoms with E-state index in [1.54, 1.807) is 0 Å². The average molecular weight is 334 g/mol. The van der Waals surface area contributed by atoms with Crippen LogP contribution >= 0.6 is 0 Å². The van der Waals surface area contributed by atoms with Gasteiger partial charge in [0.25, 0.3) is 0 Å². The van der Waals surface area contributed by atoms with Gasteiger partial charge in [0.05, 0.1) is 0 Å². The Morgan fingerprint density at radius 1 is 1.00 bits per heavy atom. The molecule has 0 bridgehead atoms. The second-order valence-electron chi connectivity index (χ2n) is 8.61. The second-order valence-corrected chi connectivity index (χ2v) is 8.61. The van der Waals surface area contributed by atoms with Crippen molar-refractivity contribution < 1.29 is 0 Å². The normalized spacial score (nSPS) is 38.8. The Balaban J connectivity index is 1.56. The van der Waals surface area contributed by atoms with Gasteiger partial charge in [0, 0.05) is 18.1 Å². The fraction of sp³-hybridized carbons (Fsp3) is 0.905. The molecule has 24 heavy (non-hydrogen) atoms. The molecule has 5 N–H and O–H groups in total. The number of nitrogens with one attached hydrogen (secondary N) is 1. The minimum absolute atomic E-state index is 0.308. The Kier molecular flexibility index (Phi) is 7.18. The molecule has 0 spiro atoms. The number of nitrogens with two attached hydrogens (primary N) is 2. The van der Waals surface area contributed by atoms with Gasteiger partial charge in [-0.1, -0.05) is 31.4 Å². The van der Waals surface area contributed by atoms with Crippen molar-refractivity contribution in [2.45, 2.75) is 95.2 Å². The maximum Gasteiger partial charge on any atom is 0.0103 e. The van der Waals surface area contributed by atoms with Crippen LogP contribution in [-0.2, 0) is 0 Å². The van der Waals surface area contributed by atoms with Gasteiger partial charge in [-0.05, 0) is 82.1 Å². The molecule has 0 aromatic rings. The summed E-state index contributed by atoms with van der Waals surface area (Å²) in [6.45, 7) is 0.731. The van der Waals surface area contributed by atoms with Crippen molar-refractivity contribution in [2.24, 2.45) is 29.2 Å². The molecule has 3 heteroatoms.